The molecule has 1 amide bonds. The number of methoxy groups -OCH3 is 3. The van der Waals surface area contributed by atoms with Crippen LogP contribution >= 0.6 is 0 Å². The van der Waals surface area contributed by atoms with E-state index in [0.29, 0.717) is 11.6 Å². The number of fused-ring (bicyclic) bond motifs is 1. The molecule has 0 saturated carbocycles. The van der Waals surface area contributed by atoms with Gasteiger partial charge >= 0.3 is 0 Å². The molecule has 0 bridgehead atoms. The van der Waals surface area contributed by atoms with Gasteiger partial charge in [-0.15, -0.1) is 0 Å². The largest absolute Gasteiger partial charge is 0.497 e. The second-order valence-electron chi connectivity index (χ2n) is 5.38. The number of ether oxygens (including phenoxy) is 3. The maximum Gasteiger partial charge on any atom is 0.251 e. The van der Waals surface area contributed by atoms with Crippen molar-refractivity contribution in [2.24, 2.45) is 0 Å². The summed E-state index contributed by atoms with van der Waals surface area (Å²) in [6.07, 6.45) is 0. The van der Waals surface area contributed by atoms with Gasteiger partial charge in [0, 0.05) is 24.1 Å². The van der Waals surface area contributed by atoms with E-state index in [4.69, 9.17) is 14.2 Å². The molecule has 0 aliphatic heterocycles. The number of amides is 1. The first-order chi connectivity index (χ1) is 12.2. The molecule has 0 aliphatic carbocycles. The summed E-state index contributed by atoms with van der Waals surface area (Å²) >= 11 is 0. The fourth-order valence-corrected chi connectivity index (χ4v) is 2.62. The molecule has 7 nitrogen and oxygen atoms in total. The van der Waals surface area contributed by atoms with Gasteiger partial charge in [0.05, 0.1) is 19.7 Å². The lowest BCUT2D eigenvalue weighted by atomic mass is 10.0. The number of benzene rings is 2. The zero-order chi connectivity index (χ0) is 17.8. The van der Waals surface area contributed by atoms with Crippen LogP contribution in [-0.2, 0) is 9.53 Å². The summed E-state index contributed by atoms with van der Waals surface area (Å²) in [5.41, 5.74) is 2.71. The molecule has 2 N–H and O–H groups in total. The predicted octanol–water partition coefficient (Wildman–Crippen LogP) is 2.83. The molecule has 2 aromatic carbocycles. The number of nitrogens with one attached hydrogen (secondary N) is 2. The Labute approximate surface area is 144 Å². The zero-order valence-corrected chi connectivity index (χ0v) is 14.3. The van der Waals surface area contributed by atoms with Gasteiger partial charge in [0.15, 0.2) is 5.82 Å². The summed E-state index contributed by atoms with van der Waals surface area (Å²) in [6, 6.07) is 11.5. The van der Waals surface area contributed by atoms with E-state index in [-0.39, 0.29) is 12.5 Å². The van der Waals surface area contributed by atoms with Crippen molar-refractivity contribution in [1.29, 1.82) is 0 Å². The molecule has 25 heavy (non-hydrogen) atoms. The van der Waals surface area contributed by atoms with E-state index in [2.05, 4.69) is 15.5 Å². The summed E-state index contributed by atoms with van der Waals surface area (Å²) in [6.45, 7) is -0.0184. The first kappa shape index (κ1) is 16.8. The minimum atomic E-state index is -0.253. The Kier molecular flexibility index (Phi) is 4.85. The molecule has 1 heterocycles. The number of anilines is 1. The first-order valence-electron chi connectivity index (χ1n) is 7.65. The van der Waals surface area contributed by atoms with Gasteiger partial charge in [-0.3, -0.25) is 9.89 Å². The standard InChI is InChI=1S/C18H19N3O4/c1-23-10-17(22)19-18-14-6-4-11(8-15(14)20-21-18)13-7-5-12(24-2)9-16(13)25-3/h4-9H,10H2,1-3H3,(H2,19,20,21,22). The Balaban J connectivity index is 1.96. The molecule has 1 aromatic heterocycles. The van der Waals surface area contributed by atoms with E-state index < -0.39 is 0 Å². The molecule has 0 saturated heterocycles. The van der Waals surface area contributed by atoms with Crippen LogP contribution in [0, 0.1) is 0 Å². The summed E-state index contributed by atoms with van der Waals surface area (Å²) in [5.74, 6) is 1.67. The average molecular weight is 341 g/mol. The van der Waals surface area contributed by atoms with Gasteiger partial charge in [0.1, 0.15) is 18.1 Å². The van der Waals surface area contributed by atoms with Gasteiger partial charge in [-0.2, -0.15) is 5.10 Å². The van der Waals surface area contributed by atoms with Crippen molar-refractivity contribution in [1.82, 2.24) is 10.2 Å². The smallest absolute Gasteiger partial charge is 0.251 e. The quantitative estimate of drug-likeness (QED) is 0.720. The highest BCUT2D eigenvalue weighted by atomic mass is 16.5. The van der Waals surface area contributed by atoms with Crippen molar-refractivity contribution in [3.05, 3.63) is 36.4 Å². The van der Waals surface area contributed by atoms with Crippen LogP contribution < -0.4 is 14.8 Å². The van der Waals surface area contributed by atoms with Crippen LogP contribution in [0.15, 0.2) is 36.4 Å². The summed E-state index contributed by atoms with van der Waals surface area (Å²) in [4.78, 5) is 11.7. The number of rotatable bonds is 6. The van der Waals surface area contributed by atoms with Crippen molar-refractivity contribution in [3.63, 3.8) is 0 Å². The fourth-order valence-electron chi connectivity index (χ4n) is 2.62. The van der Waals surface area contributed by atoms with Crippen molar-refractivity contribution >= 4 is 22.6 Å². The Bertz CT molecular complexity index is 904. The number of aromatic amines is 1. The maximum absolute atomic E-state index is 11.7. The van der Waals surface area contributed by atoms with Gasteiger partial charge in [0.25, 0.3) is 5.91 Å². The van der Waals surface area contributed by atoms with Gasteiger partial charge in [-0.05, 0) is 29.8 Å². The monoisotopic (exact) mass is 341 g/mol. The number of aromatic nitrogens is 2. The van der Waals surface area contributed by atoms with Crippen LogP contribution in [-0.4, -0.2) is 44.0 Å². The lowest BCUT2D eigenvalue weighted by Crippen LogP contribution is -2.17. The van der Waals surface area contributed by atoms with Crippen molar-refractivity contribution in [2.45, 2.75) is 0 Å². The van der Waals surface area contributed by atoms with Gasteiger partial charge < -0.3 is 19.5 Å². The Hall–Kier alpha value is -3.06. The van der Waals surface area contributed by atoms with Crippen molar-refractivity contribution < 1.29 is 19.0 Å². The molecule has 0 radical (unpaired) electrons. The zero-order valence-electron chi connectivity index (χ0n) is 14.3. The summed E-state index contributed by atoms with van der Waals surface area (Å²) in [5, 5.41) is 10.6. The number of nitrogens with zero attached hydrogens (tertiary/aromatic N) is 1. The topological polar surface area (TPSA) is 85.5 Å². The van der Waals surface area contributed by atoms with E-state index in [0.717, 1.165) is 27.8 Å². The Morgan fingerprint density at radius 2 is 1.96 bits per heavy atom. The number of H-pyrrole nitrogens is 1. The average Bonchev–Trinajstić information content (AvgIpc) is 3.03. The Morgan fingerprint density at radius 3 is 2.68 bits per heavy atom. The molecule has 3 aromatic rings. The maximum atomic E-state index is 11.7. The van der Waals surface area contributed by atoms with Crippen LogP contribution in [0.1, 0.15) is 0 Å². The highest BCUT2D eigenvalue weighted by Gasteiger charge is 2.12. The molecule has 0 atom stereocenters. The fraction of sp³-hybridized carbons (Fsp3) is 0.222. The number of hydrogen-bond donors (Lipinski definition) is 2. The second-order valence-corrected chi connectivity index (χ2v) is 5.38. The van der Waals surface area contributed by atoms with E-state index in [1.807, 2.05) is 36.4 Å². The number of hydrogen-bond acceptors (Lipinski definition) is 5. The van der Waals surface area contributed by atoms with Gasteiger partial charge in [0.2, 0.25) is 0 Å². The van der Waals surface area contributed by atoms with Crippen LogP contribution in [0.25, 0.3) is 22.0 Å². The predicted molar refractivity (Wildman–Crippen MR) is 95.1 cm³/mol. The second kappa shape index (κ2) is 7.23. The minimum absolute atomic E-state index is 0.0184. The van der Waals surface area contributed by atoms with Crippen LogP contribution in [0.5, 0.6) is 11.5 Å². The minimum Gasteiger partial charge on any atom is -0.497 e. The molecular formula is C18H19N3O4. The molecular weight excluding hydrogens is 322 g/mol. The van der Waals surface area contributed by atoms with Crippen LogP contribution in [0.4, 0.5) is 5.82 Å². The van der Waals surface area contributed by atoms with Crippen molar-refractivity contribution in [2.75, 3.05) is 33.3 Å². The van der Waals surface area contributed by atoms with E-state index in [1.54, 1.807) is 14.2 Å². The molecule has 130 valence electrons. The molecule has 0 fully saturated rings. The van der Waals surface area contributed by atoms with Gasteiger partial charge in [-0.25, -0.2) is 0 Å². The van der Waals surface area contributed by atoms with Crippen molar-refractivity contribution in [3.8, 4) is 22.6 Å². The van der Waals surface area contributed by atoms with E-state index in [9.17, 15) is 4.79 Å². The Morgan fingerprint density at radius 1 is 1.12 bits per heavy atom. The third-order valence-electron chi connectivity index (χ3n) is 3.82. The highest BCUT2D eigenvalue weighted by molar-refractivity contribution is 6.01. The van der Waals surface area contributed by atoms with Crippen LogP contribution in [0.2, 0.25) is 0 Å². The van der Waals surface area contributed by atoms with Crippen LogP contribution in [0.3, 0.4) is 0 Å². The van der Waals surface area contributed by atoms with E-state index >= 15 is 0 Å². The normalized spacial score (nSPS) is 10.7. The summed E-state index contributed by atoms with van der Waals surface area (Å²) in [7, 11) is 4.71. The lowest BCUT2D eigenvalue weighted by Gasteiger charge is -2.10. The number of carbonyl (C=O) groups is 1. The molecule has 3 rings (SSSR count). The first-order valence-corrected chi connectivity index (χ1v) is 7.65. The lowest BCUT2D eigenvalue weighted by molar-refractivity contribution is -0.119. The third-order valence-corrected chi connectivity index (χ3v) is 3.82. The number of carbonyl (C=O) groups excluding carboxylic acids is 1. The summed E-state index contributed by atoms with van der Waals surface area (Å²) < 4.78 is 15.5. The molecule has 0 spiro atoms. The van der Waals surface area contributed by atoms with Gasteiger partial charge in [-0.1, -0.05) is 6.07 Å². The SMILES string of the molecule is COCC(=O)Nc1n[nH]c2cc(-c3ccc(OC)cc3OC)ccc12. The third kappa shape index (κ3) is 3.41. The molecule has 7 heteroatoms. The molecule has 0 unspecified atom stereocenters. The highest BCUT2D eigenvalue weighted by Crippen LogP contribution is 2.35. The molecule has 0 aliphatic rings. The van der Waals surface area contributed by atoms with E-state index in [1.165, 1.54) is 7.11 Å².